The second-order valence-electron chi connectivity index (χ2n) is 4.26. The number of nitrogens with zero attached hydrogens (tertiary/aromatic N) is 2. The van der Waals surface area contributed by atoms with Gasteiger partial charge in [-0.2, -0.15) is 0 Å². The third kappa shape index (κ3) is 2.02. The van der Waals surface area contributed by atoms with E-state index in [2.05, 4.69) is 10.3 Å². The Kier molecular flexibility index (Phi) is 2.48. The van der Waals surface area contributed by atoms with E-state index in [0.29, 0.717) is 12.4 Å². The molecule has 0 atom stereocenters. The maximum Gasteiger partial charge on any atom is 0.287 e. The summed E-state index contributed by atoms with van der Waals surface area (Å²) in [6.45, 7) is 0.540. The lowest BCUT2D eigenvalue weighted by Crippen LogP contribution is -2.55. The van der Waals surface area contributed by atoms with Crippen LogP contribution in [0.25, 0.3) is 0 Å². The van der Waals surface area contributed by atoms with E-state index in [9.17, 15) is 4.79 Å². The first-order valence-electron chi connectivity index (χ1n) is 5.15. The second kappa shape index (κ2) is 3.66. The summed E-state index contributed by atoms with van der Waals surface area (Å²) in [7, 11) is 1.80. The molecule has 0 spiro atoms. The zero-order valence-corrected chi connectivity index (χ0v) is 8.86. The van der Waals surface area contributed by atoms with Crippen molar-refractivity contribution in [3.8, 4) is 0 Å². The third-order valence-electron chi connectivity index (χ3n) is 2.97. The summed E-state index contributed by atoms with van der Waals surface area (Å²) in [4.78, 5) is 15.6. The van der Waals surface area contributed by atoms with E-state index in [1.165, 1.54) is 0 Å². The average molecular weight is 208 g/mol. The number of hydrogen-bond donors (Lipinski definition) is 2. The molecule has 5 heteroatoms. The summed E-state index contributed by atoms with van der Waals surface area (Å²) in [6.07, 6.45) is 6.50. The van der Waals surface area contributed by atoms with Crippen LogP contribution < -0.4 is 11.1 Å². The van der Waals surface area contributed by atoms with Gasteiger partial charge in [0, 0.05) is 31.5 Å². The lowest BCUT2D eigenvalue weighted by molar-refractivity contribution is 0.0916. The molecule has 1 heterocycles. The van der Waals surface area contributed by atoms with Gasteiger partial charge >= 0.3 is 0 Å². The molecule has 1 amide bonds. The number of amides is 1. The average Bonchev–Trinajstić information content (AvgIpc) is 2.58. The van der Waals surface area contributed by atoms with Crippen LogP contribution in [-0.4, -0.2) is 27.5 Å². The summed E-state index contributed by atoms with van der Waals surface area (Å²) in [6, 6.07) is 0. The van der Waals surface area contributed by atoms with Crippen molar-refractivity contribution in [1.82, 2.24) is 14.9 Å². The fraction of sp³-hybridized carbons (Fsp3) is 0.600. The number of carbonyl (C=O) groups is 1. The highest BCUT2D eigenvalue weighted by Gasteiger charge is 2.32. The fourth-order valence-electron chi connectivity index (χ4n) is 1.73. The Labute approximate surface area is 88.7 Å². The summed E-state index contributed by atoms with van der Waals surface area (Å²) in [5.41, 5.74) is 5.82. The van der Waals surface area contributed by atoms with E-state index >= 15 is 0 Å². The van der Waals surface area contributed by atoms with Gasteiger partial charge in [-0.1, -0.05) is 0 Å². The maximum absolute atomic E-state index is 11.7. The Hall–Kier alpha value is -1.36. The monoisotopic (exact) mass is 208 g/mol. The van der Waals surface area contributed by atoms with Crippen LogP contribution in [0.5, 0.6) is 0 Å². The molecule has 15 heavy (non-hydrogen) atoms. The van der Waals surface area contributed by atoms with E-state index in [-0.39, 0.29) is 11.4 Å². The smallest absolute Gasteiger partial charge is 0.287 e. The van der Waals surface area contributed by atoms with Crippen molar-refractivity contribution in [2.75, 3.05) is 6.54 Å². The predicted molar refractivity (Wildman–Crippen MR) is 56.3 cm³/mol. The lowest BCUT2D eigenvalue weighted by atomic mass is 9.78. The van der Waals surface area contributed by atoms with E-state index in [1.807, 2.05) is 0 Å². The fourth-order valence-corrected chi connectivity index (χ4v) is 1.73. The third-order valence-corrected chi connectivity index (χ3v) is 2.97. The van der Waals surface area contributed by atoms with E-state index in [0.717, 1.165) is 19.3 Å². The quantitative estimate of drug-likeness (QED) is 0.736. The van der Waals surface area contributed by atoms with Gasteiger partial charge in [-0.05, 0) is 19.3 Å². The standard InChI is InChI=1S/C10H16N4O/c1-14-6-5-12-8(14)9(15)13-7-10(11)3-2-4-10/h5-6H,2-4,7,11H2,1H3,(H,13,15). The Bertz CT molecular complexity index is 367. The number of aromatic nitrogens is 2. The van der Waals surface area contributed by atoms with Crippen molar-refractivity contribution in [2.45, 2.75) is 24.8 Å². The molecule has 0 saturated heterocycles. The molecule has 0 unspecified atom stereocenters. The maximum atomic E-state index is 11.7. The summed E-state index contributed by atoms with van der Waals surface area (Å²) in [5, 5.41) is 2.82. The Balaban J connectivity index is 1.90. The van der Waals surface area contributed by atoms with Gasteiger partial charge < -0.3 is 15.6 Å². The first kappa shape index (κ1) is 10.2. The van der Waals surface area contributed by atoms with Crippen LogP contribution in [0.1, 0.15) is 29.9 Å². The Morgan fingerprint density at radius 1 is 1.73 bits per heavy atom. The van der Waals surface area contributed by atoms with Crippen molar-refractivity contribution in [1.29, 1.82) is 0 Å². The Morgan fingerprint density at radius 3 is 2.93 bits per heavy atom. The van der Waals surface area contributed by atoms with Gasteiger partial charge in [0.15, 0.2) is 5.82 Å². The zero-order chi connectivity index (χ0) is 10.9. The van der Waals surface area contributed by atoms with Crippen LogP contribution in [0, 0.1) is 0 Å². The first-order chi connectivity index (χ1) is 7.11. The van der Waals surface area contributed by atoms with Gasteiger partial charge in [0.1, 0.15) is 0 Å². The number of aryl methyl sites for hydroxylation is 1. The van der Waals surface area contributed by atoms with Crippen molar-refractivity contribution in [3.63, 3.8) is 0 Å². The molecule has 1 aliphatic carbocycles. The molecule has 3 N–H and O–H groups in total. The molecule has 82 valence electrons. The number of hydrogen-bond acceptors (Lipinski definition) is 3. The first-order valence-corrected chi connectivity index (χ1v) is 5.15. The molecule has 1 fully saturated rings. The minimum absolute atomic E-state index is 0.153. The largest absolute Gasteiger partial charge is 0.348 e. The number of carbonyl (C=O) groups excluding carboxylic acids is 1. The van der Waals surface area contributed by atoms with Gasteiger partial charge in [0.2, 0.25) is 0 Å². The van der Waals surface area contributed by atoms with Crippen LogP contribution in [0.4, 0.5) is 0 Å². The van der Waals surface area contributed by atoms with E-state index in [4.69, 9.17) is 5.73 Å². The summed E-state index contributed by atoms with van der Waals surface area (Å²) < 4.78 is 1.69. The molecule has 0 aliphatic heterocycles. The molecule has 0 aromatic carbocycles. The van der Waals surface area contributed by atoms with Crippen molar-refractivity contribution < 1.29 is 4.79 Å². The SMILES string of the molecule is Cn1ccnc1C(=O)NCC1(N)CCC1. The second-order valence-corrected chi connectivity index (χ2v) is 4.26. The molecule has 1 aromatic rings. The van der Waals surface area contributed by atoms with Gasteiger partial charge in [-0.25, -0.2) is 4.98 Å². The lowest BCUT2D eigenvalue weighted by Gasteiger charge is -2.37. The number of imidazole rings is 1. The van der Waals surface area contributed by atoms with Crippen LogP contribution >= 0.6 is 0 Å². The predicted octanol–water partition coefficient (Wildman–Crippen LogP) is 0.0313. The number of nitrogens with one attached hydrogen (secondary N) is 1. The molecule has 2 rings (SSSR count). The van der Waals surface area contributed by atoms with Crippen LogP contribution in [-0.2, 0) is 7.05 Å². The van der Waals surface area contributed by atoms with Crippen LogP contribution in [0.2, 0.25) is 0 Å². The molecule has 1 aliphatic rings. The van der Waals surface area contributed by atoms with Crippen LogP contribution in [0.3, 0.4) is 0 Å². The number of rotatable bonds is 3. The molecular weight excluding hydrogens is 192 g/mol. The van der Waals surface area contributed by atoms with Crippen LogP contribution in [0.15, 0.2) is 12.4 Å². The van der Waals surface area contributed by atoms with Crippen molar-refractivity contribution in [3.05, 3.63) is 18.2 Å². The van der Waals surface area contributed by atoms with Gasteiger partial charge in [-0.15, -0.1) is 0 Å². The summed E-state index contributed by atoms with van der Waals surface area (Å²) in [5.74, 6) is 0.275. The molecule has 1 saturated carbocycles. The van der Waals surface area contributed by atoms with Crippen molar-refractivity contribution >= 4 is 5.91 Å². The molecular formula is C10H16N4O. The minimum atomic E-state index is -0.180. The molecule has 1 aromatic heterocycles. The normalized spacial score (nSPS) is 18.3. The summed E-state index contributed by atoms with van der Waals surface area (Å²) >= 11 is 0. The molecule has 0 bridgehead atoms. The molecule has 0 radical (unpaired) electrons. The topological polar surface area (TPSA) is 72.9 Å². The number of nitrogens with two attached hydrogens (primary N) is 1. The minimum Gasteiger partial charge on any atom is -0.348 e. The highest BCUT2D eigenvalue weighted by Crippen LogP contribution is 2.28. The van der Waals surface area contributed by atoms with Gasteiger partial charge in [0.25, 0.3) is 5.91 Å². The highest BCUT2D eigenvalue weighted by atomic mass is 16.2. The highest BCUT2D eigenvalue weighted by molar-refractivity contribution is 5.90. The molecule has 5 nitrogen and oxygen atoms in total. The van der Waals surface area contributed by atoms with E-state index < -0.39 is 0 Å². The van der Waals surface area contributed by atoms with Crippen molar-refractivity contribution in [2.24, 2.45) is 12.8 Å². The zero-order valence-electron chi connectivity index (χ0n) is 8.86. The Morgan fingerprint density at radius 2 is 2.47 bits per heavy atom. The van der Waals surface area contributed by atoms with Gasteiger partial charge in [0.05, 0.1) is 0 Å². The van der Waals surface area contributed by atoms with Gasteiger partial charge in [-0.3, -0.25) is 4.79 Å². The van der Waals surface area contributed by atoms with E-state index in [1.54, 1.807) is 24.0 Å².